The fraction of sp³-hybridized carbons (Fsp3) is 0.333. The zero-order valence-corrected chi connectivity index (χ0v) is 15.9. The molecule has 2 saturated heterocycles. The first-order valence-corrected chi connectivity index (χ1v) is 9.43. The Morgan fingerprint density at radius 3 is 2.54 bits per heavy atom. The number of benzene rings is 2. The molecular formula is C21H24N4O3. The molecule has 1 atom stereocenters. The van der Waals surface area contributed by atoms with Gasteiger partial charge in [0.05, 0.1) is 13.2 Å². The van der Waals surface area contributed by atoms with Gasteiger partial charge >= 0.3 is 12.1 Å². The molecule has 2 aromatic rings. The van der Waals surface area contributed by atoms with E-state index in [1.165, 1.54) is 0 Å². The molecule has 7 heteroatoms. The standard InChI is InChI=1S/C21H24N4O3/c1-28-19-9-7-16(8-10-19)13-24-15-18-14-23(11-12-25(18)21(24)27)20(26)22-17-5-3-2-4-6-17/h2-10,18H,11-15H2,1H3,(H,22,26)/t18-/m1/s1. The molecule has 0 bridgehead atoms. The number of rotatable bonds is 4. The summed E-state index contributed by atoms with van der Waals surface area (Å²) in [5.41, 5.74) is 1.84. The monoisotopic (exact) mass is 380 g/mol. The number of anilines is 1. The van der Waals surface area contributed by atoms with Crippen LogP contribution in [0.4, 0.5) is 15.3 Å². The predicted molar refractivity (Wildman–Crippen MR) is 106 cm³/mol. The van der Waals surface area contributed by atoms with Crippen molar-refractivity contribution in [1.82, 2.24) is 14.7 Å². The Morgan fingerprint density at radius 1 is 1.07 bits per heavy atom. The summed E-state index contributed by atoms with van der Waals surface area (Å²) in [7, 11) is 1.64. The predicted octanol–water partition coefficient (Wildman–Crippen LogP) is 2.85. The third kappa shape index (κ3) is 3.74. The van der Waals surface area contributed by atoms with Crippen LogP contribution in [0.25, 0.3) is 0 Å². The maximum atomic E-state index is 12.7. The maximum absolute atomic E-state index is 12.7. The Labute approximate surface area is 164 Å². The third-order valence-corrected chi connectivity index (χ3v) is 5.27. The largest absolute Gasteiger partial charge is 0.497 e. The van der Waals surface area contributed by atoms with E-state index in [9.17, 15) is 9.59 Å². The number of para-hydroxylation sites is 1. The van der Waals surface area contributed by atoms with E-state index in [2.05, 4.69) is 5.32 Å². The van der Waals surface area contributed by atoms with Crippen LogP contribution in [0.2, 0.25) is 0 Å². The van der Waals surface area contributed by atoms with Gasteiger partial charge in [-0.15, -0.1) is 0 Å². The van der Waals surface area contributed by atoms with Crippen molar-refractivity contribution in [2.24, 2.45) is 0 Å². The number of ether oxygens (including phenoxy) is 1. The van der Waals surface area contributed by atoms with Crippen LogP contribution in [-0.4, -0.2) is 66.1 Å². The van der Waals surface area contributed by atoms with Crippen molar-refractivity contribution in [3.63, 3.8) is 0 Å². The molecule has 4 rings (SSSR count). The van der Waals surface area contributed by atoms with Crippen LogP contribution < -0.4 is 10.1 Å². The highest BCUT2D eigenvalue weighted by molar-refractivity contribution is 5.89. The fourth-order valence-electron chi connectivity index (χ4n) is 3.77. The van der Waals surface area contributed by atoms with E-state index >= 15 is 0 Å². The number of methoxy groups -OCH3 is 1. The lowest BCUT2D eigenvalue weighted by molar-refractivity contribution is 0.135. The number of nitrogens with one attached hydrogen (secondary N) is 1. The Kier molecular flexibility index (Phi) is 5.06. The molecule has 2 aliphatic heterocycles. The van der Waals surface area contributed by atoms with Gasteiger partial charge in [0.1, 0.15) is 5.75 Å². The number of carbonyl (C=O) groups is 2. The molecule has 2 aromatic carbocycles. The van der Waals surface area contributed by atoms with Gasteiger partial charge in [0.15, 0.2) is 0 Å². The summed E-state index contributed by atoms with van der Waals surface area (Å²) in [6.45, 7) is 2.83. The first kappa shape index (κ1) is 18.2. The topological polar surface area (TPSA) is 65.1 Å². The second-order valence-corrected chi connectivity index (χ2v) is 7.10. The van der Waals surface area contributed by atoms with Gasteiger partial charge in [-0.3, -0.25) is 0 Å². The summed E-state index contributed by atoms with van der Waals surface area (Å²) in [4.78, 5) is 30.8. The second kappa shape index (κ2) is 7.80. The number of amides is 4. The summed E-state index contributed by atoms with van der Waals surface area (Å²) in [5.74, 6) is 0.800. The van der Waals surface area contributed by atoms with Gasteiger partial charge in [0, 0.05) is 38.4 Å². The smallest absolute Gasteiger partial charge is 0.321 e. The first-order valence-electron chi connectivity index (χ1n) is 9.43. The molecule has 2 aliphatic rings. The molecule has 0 saturated carbocycles. The number of urea groups is 2. The van der Waals surface area contributed by atoms with E-state index < -0.39 is 0 Å². The van der Waals surface area contributed by atoms with Crippen LogP contribution in [0, 0.1) is 0 Å². The van der Waals surface area contributed by atoms with Crippen LogP contribution >= 0.6 is 0 Å². The van der Waals surface area contributed by atoms with E-state index in [0.717, 1.165) is 17.0 Å². The molecule has 7 nitrogen and oxygen atoms in total. The minimum Gasteiger partial charge on any atom is -0.497 e. The maximum Gasteiger partial charge on any atom is 0.321 e. The fourth-order valence-corrected chi connectivity index (χ4v) is 3.77. The number of hydrogen-bond acceptors (Lipinski definition) is 3. The molecule has 4 amide bonds. The zero-order chi connectivity index (χ0) is 19.5. The van der Waals surface area contributed by atoms with E-state index in [-0.39, 0.29) is 18.1 Å². The van der Waals surface area contributed by atoms with Gasteiger partial charge < -0.3 is 24.8 Å². The van der Waals surface area contributed by atoms with Crippen LogP contribution in [0.1, 0.15) is 5.56 Å². The number of nitrogens with zero attached hydrogens (tertiary/aromatic N) is 3. The lowest BCUT2D eigenvalue weighted by Crippen LogP contribution is -2.54. The second-order valence-electron chi connectivity index (χ2n) is 7.10. The molecule has 28 heavy (non-hydrogen) atoms. The van der Waals surface area contributed by atoms with Gasteiger partial charge in [-0.1, -0.05) is 30.3 Å². The van der Waals surface area contributed by atoms with Crippen LogP contribution in [0.15, 0.2) is 54.6 Å². The van der Waals surface area contributed by atoms with E-state index in [1.54, 1.807) is 12.0 Å². The Balaban J connectivity index is 1.36. The lowest BCUT2D eigenvalue weighted by atomic mass is 10.2. The first-order chi connectivity index (χ1) is 13.6. The van der Waals surface area contributed by atoms with Gasteiger partial charge in [0.2, 0.25) is 0 Å². The summed E-state index contributed by atoms with van der Waals surface area (Å²) in [5, 5.41) is 2.92. The lowest BCUT2D eigenvalue weighted by Gasteiger charge is -2.36. The van der Waals surface area contributed by atoms with Crippen molar-refractivity contribution in [3.05, 3.63) is 60.2 Å². The van der Waals surface area contributed by atoms with Crippen molar-refractivity contribution in [3.8, 4) is 5.75 Å². The number of hydrogen-bond donors (Lipinski definition) is 1. The quantitative estimate of drug-likeness (QED) is 0.887. The average Bonchev–Trinajstić information content (AvgIpc) is 3.04. The molecule has 0 aliphatic carbocycles. The molecule has 0 unspecified atom stereocenters. The van der Waals surface area contributed by atoms with Crippen LogP contribution in [-0.2, 0) is 6.54 Å². The van der Waals surface area contributed by atoms with E-state index in [1.807, 2.05) is 64.4 Å². The Morgan fingerprint density at radius 2 is 1.82 bits per heavy atom. The van der Waals surface area contributed by atoms with Gasteiger partial charge in [-0.05, 0) is 29.8 Å². The third-order valence-electron chi connectivity index (χ3n) is 5.27. The van der Waals surface area contributed by atoms with Gasteiger partial charge in [-0.25, -0.2) is 9.59 Å². The van der Waals surface area contributed by atoms with Crippen molar-refractivity contribution >= 4 is 17.7 Å². The summed E-state index contributed by atoms with van der Waals surface area (Å²) in [6.07, 6.45) is 0. The molecule has 146 valence electrons. The highest BCUT2D eigenvalue weighted by Gasteiger charge is 2.41. The molecule has 0 spiro atoms. The van der Waals surface area contributed by atoms with E-state index in [4.69, 9.17) is 4.74 Å². The molecular weight excluding hydrogens is 356 g/mol. The number of fused-ring (bicyclic) bond motifs is 1. The normalized spacial score (nSPS) is 18.8. The van der Waals surface area contributed by atoms with E-state index in [0.29, 0.717) is 32.7 Å². The number of piperazine rings is 1. The average molecular weight is 380 g/mol. The molecule has 0 aromatic heterocycles. The summed E-state index contributed by atoms with van der Waals surface area (Å²) < 4.78 is 5.18. The Bertz CT molecular complexity index is 840. The molecule has 0 radical (unpaired) electrons. The minimum atomic E-state index is -0.119. The highest BCUT2D eigenvalue weighted by Crippen LogP contribution is 2.23. The van der Waals surface area contributed by atoms with Crippen molar-refractivity contribution in [1.29, 1.82) is 0 Å². The zero-order valence-electron chi connectivity index (χ0n) is 15.9. The van der Waals surface area contributed by atoms with Crippen LogP contribution in [0.3, 0.4) is 0 Å². The molecule has 2 fully saturated rings. The summed E-state index contributed by atoms with van der Waals surface area (Å²) >= 11 is 0. The van der Waals surface area contributed by atoms with Crippen molar-refractivity contribution in [2.75, 3.05) is 38.6 Å². The van der Waals surface area contributed by atoms with Crippen molar-refractivity contribution < 1.29 is 14.3 Å². The van der Waals surface area contributed by atoms with Crippen LogP contribution in [0.5, 0.6) is 5.75 Å². The van der Waals surface area contributed by atoms with Gasteiger partial charge in [-0.2, -0.15) is 0 Å². The minimum absolute atomic E-state index is 0.0287. The highest BCUT2D eigenvalue weighted by atomic mass is 16.5. The van der Waals surface area contributed by atoms with Crippen molar-refractivity contribution in [2.45, 2.75) is 12.6 Å². The molecule has 1 N–H and O–H groups in total. The Hall–Kier alpha value is -3.22. The molecule has 2 heterocycles. The SMILES string of the molecule is COc1ccc(CN2C[C@H]3CN(C(=O)Nc4ccccc4)CCN3C2=O)cc1. The van der Waals surface area contributed by atoms with Gasteiger partial charge in [0.25, 0.3) is 0 Å². The number of carbonyl (C=O) groups excluding carboxylic acids is 2. The summed E-state index contributed by atoms with van der Waals surface area (Å²) in [6, 6.07) is 17.1.